The average molecular weight is 229 g/mol. The molecule has 0 bridgehead atoms. The minimum Gasteiger partial charge on any atom is -0.473 e. The summed E-state index contributed by atoms with van der Waals surface area (Å²) in [6, 6.07) is 6.93. The Kier molecular flexibility index (Phi) is 3.30. The Hall–Kier alpha value is -2.43. The second kappa shape index (κ2) is 5.07. The van der Waals surface area contributed by atoms with Gasteiger partial charge in [-0.3, -0.25) is 9.78 Å². The predicted molar refractivity (Wildman–Crippen MR) is 61.3 cm³/mol. The number of nitrogens with two attached hydrogens (primary N) is 1. The summed E-state index contributed by atoms with van der Waals surface area (Å²) in [6.07, 6.45) is 4.81. The quantitative estimate of drug-likeness (QED) is 0.853. The number of ether oxygens (including phenoxy) is 1. The van der Waals surface area contributed by atoms with Gasteiger partial charge in [0.05, 0.1) is 5.56 Å². The van der Waals surface area contributed by atoms with Crippen molar-refractivity contribution in [2.24, 2.45) is 5.73 Å². The number of nitrogens with zero attached hydrogens (tertiary/aromatic N) is 2. The van der Waals surface area contributed by atoms with Crippen molar-refractivity contribution in [2.75, 3.05) is 0 Å². The summed E-state index contributed by atoms with van der Waals surface area (Å²) in [5.74, 6) is -0.0600. The van der Waals surface area contributed by atoms with Gasteiger partial charge in [-0.05, 0) is 12.1 Å². The highest BCUT2D eigenvalue weighted by Crippen LogP contribution is 2.09. The largest absolute Gasteiger partial charge is 0.473 e. The summed E-state index contributed by atoms with van der Waals surface area (Å²) in [5, 5.41) is 0. The lowest BCUT2D eigenvalue weighted by atomic mass is 10.3. The first kappa shape index (κ1) is 11.1. The standard InChI is InChI=1S/C12H11N3O2/c13-12(16)10-3-4-11(15-7-10)17-8-9-2-1-5-14-6-9/h1-7H,8H2,(H2,13,16). The highest BCUT2D eigenvalue weighted by atomic mass is 16.5. The highest BCUT2D eigenvalue weighted by molar-refractivity contribution is 5.92. The Morgan fingerprint density at radius 3 is 2.76 bits per heavy atom. The van der Waals surface area contributed by atoms with E-state index in [1.807, 2.05) is 12.1 Å². The number of pyridine rings is 2. The maximum Gasteiger partial charge on any atom is 0.250 e. The Balaban J connectivity index is 1.98. The molecule has 0 atom stereocenters. The molecule has 0 aliphatic rings. The summed E-state index contributed by atoms with van der Waals surface area (Å²) < 4.78 is 5.42. The van der Waals surface area contributed by atoms with Gasteiger partial charge in [0.15, 0.2) is 0 Å². The predicted octanol–water partition coefficient (Wildman–Crippen LogP) is 1.15. The maximum atomic E-state index is 10.8. The van der Waals surface area contributed by atoms with Gasteiger partial charge in [0.2, 0.25) is 11.8 Å². The van der Waals surface area contributed by atoms with E-state index in [0.717, 1.165) is 5.56 Å². The van der Waals surface area contributed by atoms with Crippen LogP contribution in [-0.2, 0) is 6.61 Å². The molecule has 5 heteroatoms. The molecule has 0 aromatic carbocycles. The first-order valence-corrected chi connectivity index (χ1v) is 5.03. The first-order valence-electron chi connectivity index (χ1n) is 5.03. The zero-order valence-corrected chi connectivity index (χ0v) is 9.04. The average Bonchev–Trinajstić information content (AvgIpc) is 2.38. The fourth-order valence-electron chi connectivity index (χ4n) is 1.25. The number of aromatic nitrogens is 2. The monoisotopic (exact) mass is 229 g/mol. The third-order valence-corrected chi connectivity index (χ3v) is 2.13. The van der Waals surface area contributed by atoms with Crippen LogP contribution in [0, 0.1) is 0 Å². The van der Waals surface area contributed by atoms with Crippen LogP contribution in [0.4, 0.5) is 0 Å². The van der Waals surface area contributed by atoms with Gasteiger partial charge in [-0.15, -0.1) is 0 Å². The second-order valence-corrected chi connectivity index (χ2v) is 3.40. The molecule has 0 aliphatic carbocycles. The van der Waals surface area contributed by atoms with Crippen LogP contribution in [-0.4, -0.2) is 15.9 Å². The Morgan fingerprint density at radius 2 is 2.18 bits per heavy atom. The fraction of sp³-hybridized carbons (Fsp3) is 0.0833. The topological polar surface area (TPSA) is 78.1 Å². The molecule has 0 fully saturated rings. The number of amides is 1. The highest BCUT2D eigenvalue weighted by Gasteiger charge is 2.01. The minimum atomic E-state index is -0.503. The first-order chi connectivity index (χ1) is 8.25. The summed E-state index contributed by atoms with van der Waals surface area (Å²) in [6.45, 7) is 0.386. The molecule has 2 N–H and O–H groups in total. The number of hydrogen-bond acceptors (Lipinski definition) is 4. The number of primary amides is 1. The van der Waals surface area contributed by atoms with Gasteiger partial charge in [-0.1, -0.05) is 6.07 Å². The molecule has 0 radical (unpaired) electrons. The number of hydrogen-bond donors (Lipinski definition) is 1. The number of carbonyl (C=O) groups excluding carboxylic acids is 1. The van der Waals surface area contributed by atoms with Gasteiger partial charge in [0.1, 0.15) is 6.61 Å². The van der Waals surface area contributed by atoms with Crippen molar-refractivity contribution in [3.63, 3.8) is 0 Å². The van der Waals surface area contributed by atoms with Gasteiger partial charge in [0.25, 0.3) is 0 Å². The summed E-state index contributed by atoms with van der Waals surface area (Å²) in [7, 11) is 0. The van der Waals surface area contributed by atoms with Crippen molar-refractivity contribution in [1.82, 2.24) is 9.97 Å². The Morgan fingerprint density at radius 1 is 1.29 bits per heavy atom. The third-order valence-electron chi connectivity index (χ3n) is 2.13. The van der Waals surface area contributed by atoms with Crippen LogP contribution in [0.3, 0.4) is 0 Å². The Labute approximate surface area is 98.3 Å². The number of rotatable bonds is 4. The molecule has 17 heavy (non-hydrogen) atoms. The molecule has 1 amide bonds. The molecule has 0 saturated carbocycles. The van der Waals surface area contributed by atoms with Crippen LogP contribution in [0.2, 0.25) is 0 Å². The minimum absolute atomic E-state index is 0.360. The SMILES string of the molecule is NC(=O)c1ccc(OCc2cccnc2)nc1. The molecule has 86 valence electrons. The lowest BCUT2D eigenvalue weighted by Gasteiger charge is -2.04. The van der Waals surface area contributed by atoms with Gasteiger partial charge in [0, 0.05) is 30.2 Å². The normalized spacial score (nSPS) is 9.88. The molecule has 0 aliphatic heterocycles. The van der Waals surface area contributed by atoms with Crippen molar-refractivity contribution in [2.45, 2.75) is 6.61 Å². The molecule has 0 unspecified atom stereocenters. The maximum absolute atomic E-state index is 10.8. The van der Waals surface area contributed by atoms with E-state index in [2.05, 4.69) is 9.97 Å². The van der Waals surface area contributed by atoms with Gasteiger partial charge >= 0.3 is 0 Å². The summed E-state index contributed by atoms with van der Waals surface area (Å²) in [4.78, 5) is 18.8. The van der Waals surface area contributed by atoms with E-state index in [0.29, 0.717) is 18.1 Å². The lowest BCUT2D eigenvalue weighted by molar-refractivity contribution is 0.1000. The van der Waals surface area contributed by atoms with E-state index in [4.69, 9.17) is 10.5 Å². The van der Waals surface area contributed by atoms with Crippen molar-refractivity contribution in [3.8, 4) is 5.88 Å². The van der Waals surface area contributed by atoms with Gasteiger partial charge in [-0.25, -0.2) is 4.98 Å². The summed E-state index contributed by atoms with van der Waals surface area (Å²) in [5.41, 5.74) is 6.41. The third kappa shape index (κ3) is 3.01. The molecule has 2 aromatic heterocycles. The molecule has 0 saturated heterocycles. The van der Waals surface area contributed by atoms with Crippen molar-refractivity contribution in [1.29, 1.82) is 0 Å². The lowest BCUT2D eigenvalue weighted by Crippen LogP contribution is -2.11. The molecule has 5 nitrogen and oxygen atoms in total. The molecular formula is C12H11N3O2. The molecule has 0 spiro atoms. The van der Waals surface area contributed by atoms with Crippen molar-refractivity contribution in [3.05, 3.63) is 54.0 Å². The van der Waals surface area contributed by atoms with E-state index < -0.39 is 5.91 Å². The molecule has 2 heterocycles. The molecule has 2 aromatic rings. The van der Waals surface area contributed by atoms with Crippen molar-refractivity contribution >= 4 is 5.91 Å². The van der Waals surface area contributed by atoms with E-state index >= 15 is 0 Å². The van der Waals surface area contributed by atoms with E-state index in [9.17, 15) is 4.79 Å². The van der Waals surface area contributed by atoms with Crippen molar-refractivity contribution < 1.29 is 9.53 Å². The fourth-order valence-corrected chi connectivity index (χ4v) is 1.25. The second-order valence-electron chi connectivity index (χ2n) is 3.40. The smallest absolute Gasteiger partial charge is 0.250 e. The molecule has 2 rings (SSSR count). The van der Waals surface area contributed by atoms with Crippen LogP contribution in [0.15, 0.2) is 42.9 Å². The Bertz CT molecular complexity index is 497. The van der Waals surface area contributed by atoms with E-state index in [1.54, 1.807) is 24.5 Å². The van der Waals surface area contributed by atoms with E-state index in [-0.39, 0.29) is 0 Å². The van der Waals surface area contributed by atoms with E-state index in [1.165, 1.54) is 6.20 Å². The molecular weight excluding hydrogens is 218 g/mol. The zero-order chi connectivity index (χ0) is 12.1. The van der Waals surface area contributed by atoms with Crippen LogP contribution < -0.4 is 10.5 Å². The van der Waals surface area contributed by atoms with Gasteiger partial charge in [-0.2, -0.15) is 0 Å². The van der Waals surface area contributed by atoms with Crippen LogP contribution >= 0.6 is 0 Å². The van der Waals surface area contributed by atoms with Crippen LogP contribution in [0.5, 0.6) is 5.88 Å². The number of carbonyl (C=O) groups is 1. The zero-order valence-electron chi connectivity index (χ0n) is 9.04. The van der Waals surface area contributed by atoms with Crippen LogP contribution in [0.25, 0.3) is 0 Å². The van der Waals surface area contributed by atoms with Gasteiger partial charge < -0.3 is 10.5 Å². The summed E-state index contributed by atoms with van der Waals surface area (Å²) >= 11 is 0. The van der Waals surface area contributed by atoms with Crippen LogP contribution in [0.1, 0.15) is 15.9 Å².